The van der Waals surface area contributed by atoms with Crippen LogP contribution in [0.1, 0.15) is 23.1 Å². The van der Waals surface area contributed by atoms with Gasteiger partial charge in [-0.25, -0.2) is 4.39 Å². The quantitative estimate of drug-likeness (QED) is 0.937. The van der Waals surface area contributed by atoms with Gasteiger partial charge in [0.15, 0.2) is 6.10 Å². The van der Waals surface area contributed by atoms with Gasteiger partial charge in [-0.15, -0.1) is 0 Å². The fourth-order valence-corrected chi connectivity index (χ4v) is 2.47. The van der Waals surface area contributed by atoms with E-state index in [-0.39, 0.29) is 17.6 Å². The number of likely N-dealkylation sites (tertiary alicyclic amines) is 1. The van der Waals surface area contributed by atoms with E-state index in [4.69, 9.17) is 0 Å². The summed E-state index contributed by atoms with van der Waals surface area (Å²) in [6.45, 7) is 1.17. The van der Waals surface area contributed by atoms with Crippen molar-refractivity contribution < 1.29 is 14.3 Å². The molecule has 2 heterocycles. The SMILES string of the molecule is O=C(C(O)c1ccc(F)cc1)N1CC(c2ccncc2)C1. The van der Waals surface area contributed by atoms with Crippen LogP contribution >= 0.6 is 0 Å². The maximum absolute atomic E-state index is 12.8. The zero-order valence-corrected chi connectivity index (χ0v) is 11.3. The Morgan fingerprint density at radius 2 is 1.81 bits per heavy atom. The van der Waals surface area contributed by atoms with Gasteiger partial charge in [-0.2, -0.15) is 0 Å². The predicted molar refractivity (Wildman–Crippen MR) is 74.9 cm³/mol. The molecule has 1 fully saturated rings. The van der Waals surface area contributed by atoms with Gasteiger partial charge < -0.3 is 10.0 Å². The van der Waals surface area contributed by atoms with Crippen LogP contribution in [-0.2, 0) is 4.79 Å². The highest BCUT2D eigenvalue weighted by molar-refractivity contribution is 5.83. The van der Waals surface area contributed by atoms with E-state index in [0.717, 1.165) is 5.56 Å². The molecule has 21 heavy (non-hydrogen) atoms. The Hall–Kier alpha value is -2.27. The van der Waals surface area contributed by atoms with Crippen LogP contribution in [0.15, 0.2) is 48.8 Å². The van der Waals surface area contributed by atoms with Crippen molar-refractivity contribution in [2.45, 2.75) is 12.0 Å². The van der Waals surface area contributed by atoms with Crippen molar-refractivity contribution in [1.29, 1.82) is 0 Å². The molecule has 1 aromatic carbocycles. The van der Waals surface area contributed by atoms with E-state index < -0.39 is 6.10 Å². The molecule has 0 saturated carbocycles. The molecule has 108 valence electrons. The molecule has 1 aromatic heterocycles. The molecule has 0 bridgehead atoms. The molecule has 1 atom stereocenters. The Labute approximate surface area is 121 Å². The Kier molecular flexibility index (Phi) is 3.66. The average Bonchev–Trinajstić information content (AvgIpc) is 2.47. The number of halogens is 1. The topological polar surface area (TPSA) is 53.4 Å². The molecule has 4 nitrogen and oxygen atoms in total. The molecule has 1 N–H and O–H groups in total. The predicted octanol–water partition coefficient (Wildman–Crippen LogP) is 1.88. The smallest absolute Gasteiger partial charge is 0.256 e. The second-order valence-electron chi connectivity index (χ2n) is 5.17. The fraction of sp³-hybridized carbons (Fsp3) is 0.250. The molecule has 1 amide bonds. The zero-order valence-electron chi connectivity index (χ0n) is 11.3. The normalized spacial score (nSPS) is 16.4. The molecular formula is C16H15FN2O2. The van der Waals surface area contributed by atoms with Gasteiger partial charge in [-0.3, -0.25) is 9.78 Å². The first-order chi connectivity index (χ1) is 10.1. The Morgan fingerprint density at radius 1 is 1.19 bits per heavy atom. The molecule has 0 radical (unpaired) electrons. The molecule has 1 saturated heterocycles. The maximum Gasteiger partial charge on any atom is 0.256 e. The number of amides is 1. The number of hydrogen-bond acceptors (Lipinski definition) is 3. The summed E-state index contributed by atoms with van der Waals surface area (Å²) < 4.78 is 12.8. The molecule has 2 aromatic rings. The van der Waals surface area contributed by atoms with Gasteiger partial charge in [0.2, 0.25) is 0 Å². The number of rotatable bonds is 3. The summed E-state index contributed by atoms with van der Waals surface area (Å²) in [6, 6.07) is 9.20. The van der Waals surface area contributed by atoms with E-state index in [0.29, 0.717) is 18.7 Å². The van der Waals surface area contributed by atoms with Gasteiger partial charge in [0.1, 0.15) is 5.82 Å². The molecule has 5 heteroatoms. The van der Waals surface area contributed by atoms with Crippen molar-refractivity contribution in [2.24, 2.45) is 0 Å². The van der Waals surface area contributed by atoms with Gasteiger partial charge >= 0.3 is 0 Å². The minimum absolute atomic E-state index is 0.289. The molecule has 0 spiro atoms. The first kappa shape index (κ1) is 13.7. The minimum atomic E-state index is -1.23. The third-order valence-corrected chi connectivity index (χ3v) is 3.79. The van der Waals surface area contributed by atoms with Crippen molar-refractivity contribution in [3.63, 3.8) is 0 Å². The first-order valence-corrected chi connectivity index (χ1v) is 6.77. The zero-order chi connectivity index (χ0) is 14.8. The number of aliphatic hydroxyl groups is 1. The fourth-order valence-electron chi connectivity index (χ4n) is 2.47. The minimum Gasteiger partial charge on any atom is -0.378 e. The summed E-state index contributed by atoms with van der Waals surface area (Å²) in [7, 11) is 0. The standard InChI is InChI=1S/C16H15FN2O2/c17-14-3-1-12(2-4-14)15(20)16(21)19-9-13(10-19)11-5-7-18-8-6-11/h1-8,13,15,20H,9-10H2. The number of pyridine rings is 1. The average molecular weight is 286 g/mol. The van der Waals surface area contributed by atoms with E-state index >= 15 is 0 Å². The van der Waals surface area contributed by atoms with Gasteiger partial charge in [0, 0.05) is 31.4 Å². The van der Waals surface area contributed by atoms with Crippen molar-refractivity contribution in [3.8, 4) is 0 Å². The lowest BCUT2D eigenvalue weighted by molar-refractivity contribution is -0.145. The number of aromatic nitrogens is 1. The molecule has 3 rings (SSSR count). The van der Waals surface area contributed by atoms with Crippen LogP contribution in [0.25, 0.3) is 0 Å². The number of carbonyl (C=O) groups excluding carboxylic acids is 1. The summed E-state index contributed by atoms with van der Waals surface area (Å²) in [5.41, 5.74) is 1.55. The van der Waals surface area contributed by atoms with Crippen LogP contribution in [0, 0.1) is 5.82 Å². The van der Waals surface area contributed by atoms with Gasteiger partial charge in [0.25, 0.3) is 5.91 Å². The molecule has 1 aliphatic heterocycles. The lowest BCUT2D eigenvalue weighted by Crippen LogP contribution is -2.50. The third-order valence-electron chi connectivity index (χ3n) is 3.79. The summed E-state index contributed by atoms with van der Waals surface area (Å²) in [4.78, 5) is 17.7. The summed E-state index contributed by atoms with van der Waals surface area (Å²) >= 11 is 0. The second kappa shape index (κ2) is 5.61. The molecular weight excluding hydrogens is 271 g/mol. The monoisotopic (exact) mass is 286 g/mol. The molecule has 0 aliphatic carbocycles. The van der Waals surface area contributed by atoms with E-state index in [1.165, 1.54) is 24.3 Å². The first-order valence-electron chi connectivity index (χ1n) is 6.77. The molecule has 1 aliphatic rings. The number of carbonyl (C=O) groups is 1. The summed E-state index contributed by atoms with van der Waals surface area (Å²) in [5.74, 6) is -0.440. The van der Waals surface area contributed by atoms with Crippen LogP contribution in [0.3, 0.4) is 0 Å². The van der Waals surface area contributed by atoms with Gasteiger partial charge in [-0.05, 0) is 35.4 Å². The highest BCUT2D eigenvalue weighted by Gasteiger charge is 2.35. The van der Waals surface area contributed by atoms with Crippen LogP contribution in [-0.4, -0.2) is 34.0 Å². The number of benzene rings is 1. The van der Waals surface area contributed by atoms with Crippen molar-refractivity contribution in [3.05, 3.63) is 65.7 Å². The van der Waals surface area contributed by atoms with Gasteiger partial charge in [-0.1, -0.05) is 12.1 Å². The molecule has 1 unspecified atom stereocenters. The summed E-state index contributed by atoms with van der Waals surface area (Å²) in [6.07, 6.45) is 2.23. The second-order valence-corrected chi connectivity index (χ2v) is 5.17. The van der Waals surface area contributed by atoms with Crippen molar-refractivity contribution >= 4 is 5.91 Å². The Morgan fingerprint density at radius 3 is 2.43 bits per heavy atom. The number of nitrogens with zero attached hydrogens (tertiary/aromatic N) is 2. The maximum atomic E-state index is 12.8. The summed E-state index contributed by atoms with van der Waals surface area (Å²) in [5, 5.41) is 10.0. The lowest BCUT2D eigenvalue weighted by atomic mass is 9.91. The highest BCUT2D eigenvalue weighted by atomic mass is 19.1. The number of hydrogen-bond donors (Lipinski definition) is 1. The van der Waals surface area contributed by atoms with E-state index in [1.807, 2.05) is 12.1 Å². The third kappa shape index (κ3) is 2.78. The largest absolute Gasteiger partial charge is 0.378 e. The Balaban J connectivity index is 1.61. The Bertz CT molecular complexity index is 624. The van der Waals surface area contributed by atoms with Crippen molar-refractivity contribution in [1.82, 2.24) is 9.88 Å². The van der Waals surface area contributed by atoms with Crippen LogP contribution in [0.2, 0.25) is 0 Å². The van der Waals surface area contributed by atoms with E-state index in [2.05, 4.69) is 4.98 Å². The number of aliphatic hydroxyl groups excluding tert-OH is 1. The van der Waals surface area contributed by atoms with E-state index in [9.17, 15) is 14.3 Å². The van der Waals surface area contributed by atoms with E-state index in [1.54, 1.807) is 17.3 Å². The van der Waals surface area contributed by atoms with Gasteiger partial charge in [0.05, 0.1) is 0 Å². The lowest BCUT2D eigenvalue weighted by Gasteiger charge is -2.40. The highest BCUT2D eigenvalue weighted by Crippen LogP contribution is 2.29. The van der Waals surface area contributed by atoms with Crippen LogP contribution < -0.4 is 0 Å². The van der Waals surface area contributed by atoms with Crippen LogP contribution in [0.5, 0.6) is 0 Å². The van der Waals surface area contributed by atoms with Crippen LogP contribution in [0.4, 0.5) is 4.39 Å². The van der Waals surface area contributed by atoms with Crippen molar-refractivity contribution in [2.75, 3.05) is 13.1 Å².